The molecule has 4 heteroatoms. The summed E-state index contributed by atoms with van der Waals surface area (Å²) in [5.74, 6) is 0.981. The Labute approximate surface area is 133 Å². The van der Waals surface area contributed by atoms with Crippen LogP contribution in [0, 0.1) is 5.92 Å². The highest BCUT2D eigenvalue weighted by molar-refractivity contribution is 4.93. The van der Waals surface area contributed by atoms with Gasteiger partial charge in [-0.3, -0.25) is 0 Å². The van der Waals surface area contributed by atoms with E-state index in [1.807, 2.05) is 27.7 Å². The molecule has 3 fully saturated rings. The van der Waals surface area contributed by atoms with Crippen LogP contribution in [0.4, 0.5) is 0 Å². The summed E-state index contributed by atoms with van der Waals surface area (Å²) in [5, 5.41) is 3.27. The van der Waals surface area contributed by atoms with Gasteiger partial charge in [0.2, 0.25) is 0 Å². The second-order valence-corrected chi connectivity index (χ2v) is 5.87. The van der Waals surface area contributed by atoms with Gasteiger partial charge in [0.05, 0.1) is 0 Å². The van der Waals surface area contributed by atoms with Gasteiger partial charge in [-0.25, -0.2) is 0 Å². The highest BCUT2D eigenvalue weighted by Crippen LogP contribution is 2.28. The third kappa shape index (κ3) is 7.59. The van der Waals surface area contributed by atoms with Gasteiger partial charge in [-0.2, -0.15) is 0 Å². The predicted molar refractivity (Wildman–Crippen MR) is 95.1 cm³/mol. The Hall–Kier alpha value is -0.160. The lowest BCUT2D eigenvalue weighted by molar-refractivity contribution is 0.282. The van der Waals surface area contributed by atoms with Gasteiger partial charge in [0.15, 0.2) is 0 Å². The fourth-order valence-electron chi connectivity index (χ4n) is 3.16. The number of hydrogen-bond donors (Lipinski definition) is 1. The maximum Gasteiger partial charge on any atom is 0.0260 e. The van der Waals surface area contributed by atoms with Crippen molar-refractivity contribution < 1.29 is 0 Å². The topological polar surface area (TPSA) is 21.8 Å². The Bertz CT molecular complexity index is 229. The van der Waals surface area contributed by atoms with Crippen molar-refractivity contribution in [3.8, 4) is 0 Å². The van der Waals surface area contributed by atoms with E-state index in [9.17, 15) is 0 Å². The monoisotopic (exact) mass is 300 g/mol. The van der Waals surface area contributed by atoms with Crippen LogP contribution in [-0.4, -0.2) is 87.7 Å². The molecule has 0 aromatic carbocycles. The zero-order chi connectivity index (χ0) is 16.3. The minimum absolute atomic E-state index is 0.880. The summed E-state index contributed by atoms with van der Waals surface area (Å²) in [7, 11) is 6.64. The average molecular weight is 301 g/mol. The largest absolute Gasteiger partial charge is 0.314 e. The number of likely N-dealkylation sites (N-methyl/N-ethyl adjacent to an activating group) is 3. The summed E-state index contributed by atoms with van der Waals surface area (Å²) in [4.78, 5) is 7.29. The molecule has 0 aliphatic carbocycles. The maximum atomic E-state index is 3.27. The Morgan fingerprint density at radius 2 is 1.33 bits per heavy atom. The summed E-state index contributed by atoms with van der Waals surface area (Å²) in [5.41, 5.74) is 0. The van der Waals surface area contributed by atoms with Gasteiger partial charge in [0.25, 0.3) is 0 Å². The number of nitrogens with zero attached hydrogens (tertiary/aromatic N) is 3. The van der Waals surface area contributed by atoms with E-state index in [1.165, 1.54) is 39.1 Å². The summed E-state index contributed by atoms with van der Waals surface area (Å²) in [6, 6.07) is 0.880. The fourth-order valence-corrected chi connectivity index (χ4v) is 3.16. The summed E-state index contributed by atoms with van der Waals surface area (Å²) >= 11 is 0. The van der Waals surface area contributed by atoms with E-state index in [2.05, 4.69) is 41.2 Å². The average Bonchev–Trinajstić information content (AvgIpc) is 3.06. The van der Waals surface area contributed by atoms with Crippen molar-refractivity contribution in [2.45, 2.75) is 40.2 Å². The van der Waals surface area contributed by atoms with Crippen molar-refractivity contribution in [2.75, 3.05) is 67.0 Å². The van der Waals surface area contributed by atoms with E-state index in [4.69, 9.17) is 0 Å². The van der Waals surface area contributed by atoms with Crippen molar-refractivity contribution in [1.29, 1.82) is 0 Å². The van der Waals surface area contributed by atoms with E-state index < -0.39 is 0 Å². The molecule has 0 spiro atoms. The van der Waals surface area contributed by atoms with Gasteiger partial charge in [-0.1, -0.05) is 27.7 Å². The van der Waals surface area contributed by atoms with Crippen molar-refractivity contribution in [2.24, 2.45) is 5.92 Å². The standard InChI is InChI=1S/C8H16N2.C5H12N2.2C2H6/c1-9-5-7-3-4-10(2)8(7)6-9;1-7-4-2-6-3-5-7;2*1-2/h7-8H,3-6H2,1-2H3;6H,2-5H2,1H3;2*1-2H3. The van der Waals surface area contributed by atoms with Crippen LogP contribution >= 0.6 is 0 Å². The lowest BCUT2D eigenvalue weighted by Gasteiger charge is -2.21. The molecule has 3 aliphatic heterocycles. The van der Waals surface area contributed by atoms with Crippen molar-refractivity contribution in [3.05, 3.63) is 0 Å². The van der Waals surface area contributed by atoms with Crippen LogP contribution in [0.3, 0.4) is 0 Å². The SMILES string of the molecule is CC.CC.CN1CC2CCN(C)C2C1.CN1CCNCC1. The quantitative estimate of drug-likeness (QED) is 0.737. The summed E-state index contributed by atoms with van der Waals surface area (Å²) in [6.07, 6.45) is 1.42. The molecule has 21 heavy (non-hydrogen) atoms. The zero-order valence-electron chi connectivity index (χ0n) is 15.7. The Balaban J connectivity index is 0.000000321. The minimum atomic E-state index is 0.880. The molecule has 0 aromatic rings. The lowest BCUT2D eigenvalue weighted by atomic mass is 10.1. The van der Waals surface area contributed by atoms with E-state index >= 15 is 0 Å². The molecular weight excluding hydrogens is 260 g/mol. The maximum absolute atomic E-state index is 3.27. The first kappa shape index (κ1) is 20.8. The molecule has 0 saturated carbocycles. The van der Waals surface area contributed by atoms with Crippen LogP contribution in [0.5, 0.6) is 0 Å². The molecular formula is C17H40N4. The summed E-state index contributed by atoms with van der Waals surface area (Å²) in [6.45, 7) is 16.7. The minimum Gasteiger partial charge on any atom is -0.314 e. The van der Waals surface area contributed by atoms with E-state index in [1.54, 1.807) is 0 Å². The number of nitrogens with one attached hydrogen (secondary N) is 1. The normalized spacial score (nSPS) is 29.3. The fraction of sp³-hybridized carbons (Fsp3) is 1.00. The molecule has 3 heterocycles. The molecule has 1 N–H and O–H groups in total. The second-order valence-electron chi connectivity index (χ2n) is 5.87. The van der Waals surface area contributed by atoms with Crippen LogP contribution in [0.1, 0.15) is 34.1 Å². The lowest BCUT2D eigenvalue weighted by Crippen LogP contribution is -2.40. The van der Waals surface area contributed by atoms with Crippen LogP contribution in [0.2, 0.25) is 0 Å². The number of rotatable bonds is 0. The van der Waals surface area contributed by atoms with Crippen LogP contribution in [0.15, 0.2) is 0 Å². The molecule has 3 rings (SSSR count). The highest BCUT2D eigenvalue weighted by atomic mass is 15.3. The van der Waals surface area contributed by atoms with Gasteiger partial charge in [0.1, 0.15) is 0 Å². The van der Waals surface area contributed by atoms with Gasteiger partial charge in [0, 0.05) is 45.3 Å². The molecule has 0 bridgehead atoms. The van der Waals surface area contributed by atoms with Gasteiger partial charge >= 0.3 is 0 Å². The summed E-state index contributed by atoms with van der Waals surface area (Å²) < 4.78 is 0. The molecule has 2 atom stereocenters. The third-order valence-electron chi connectivity index (χ3n) is 4.35. The molecule has 3 aliphatic rings. The molecule has 0 aromatic heterocycles. The van der Waals surface area contributed by atoms with Crippen molar-refractivity contribution >= 4 is 0 Å². The first-order chi connectivity index (χ1) is 10.2. The first-order valence-electron chi connectivity index (χ1n) is 8.95. The number of fused-ring (bicyclic) bond motifs is 1. The molecule has 3 saturated heterocycles. The number of likely N-dealkylation sites (tertiary alicyclic amines) is 2. The van der Waals surface area contributed by atoms with E-state index in [0.717, 1.165) is 25.0 Å². The van der Waals surface area contributed by atoms with Gasteiger partial charge < -0.3 is 20.0 Å². The highest BCUT2D eigenvalue weighted by Gasteiger charge is 2.37. The molecule has 2 unspecified atom stereocenters. The predicted octanol–water partition coefficient (Wildman–Crippen LogP) is 1.83. The third-order valence-corrected chi connectivity index (χ3v) is 4.35. The van der Waals surface area contributed by atoms with Crippen molar-refractivity contribution in [3.63, 3.8) is 0 Å². The Morgan fingerprint density at radius 3 is 1.76 bits per heavy atom. The van der Waals surface area contributed by atoms with Crippen LogP contribution < -0.4 is 5.32 Å². The zero-order valence-corrected chi connectivity index (χ0v) is 15.7. The smallest absolute Gasteiger partial charge is 0.0260 e. The van der Waals surface area contributed by atoms with Gasteiger partial charge in [-0.05, 0) is 40.0 Å². The van der Waals surface area contributed by atoms with Gasteiger partial charge in [-0.15, -0.1) is 0 Å². The molecule has 4 nitrogen and oxygen atoms in total. The van der Waals surface area contributed by atoms with Crippen LogP contribution in [0.25, 0.3) is 0 Å². The van der Waals surface area contributed by atoms with E-state index in [-0.39, 0.29) is 0 Å². The van der Waals surface area contributed by atoms with Crippen LogP contribution in [-0.2, 0) is 0 Å². The first-order valence-corrected chi connectivity index (χ1v) is 8.95. The molecule has 0 radical (unpaired) electrons. The molecule has 0 amide bonds. The van der Waals surface area contributed by atoms with Crippen molar-refractivity contribution in [1.82, 2.24) is 20.0 Å². The number of hydrogen-bond acceptors (Lipinski definition) is 4. The molecule has 128 valence electrons. The Kier molecular flexibility index (Phi) is 12.3. The second kappa shape index (κ2) is 12.4. The Morgan fingerprint density at radius 1 is 0.762 bits per heavy atom. The van der Waals surface area contributed by atoms with E-state index in [0.29, 0.717) is 0 Å². The number of piperazine rings is 1.